The lowest BCUT2D eigenvalue weighted by Gasteiger charge is -2.36. The first-order chi connectivity index (χ1) is 6.65. The molecule has 0 aromatic rings. The van der Waals surface area contributed by atoms with Crippen LogP contribution in [0, 0.1) is 5.92 Å². The Bertz CT molecular complexity index is 152. The van der Waals surface area contributed by atoms with Crippen molar-refractivity contribution >= 4 is 0 Å². The zero-order valence-electron chi connectivity index (χ0n) is 9.40. The monoisotopic (exact) mass is 202 g/mol. The molecule has 0 saturated carbocycles. The Kier molecular flexibility index (Phi) is 4.81. The number of ether oxygens (including phenoxy) is 2. The van der Waals surface area contributed by atoms with Crippen molar-refractivity contribution in [2.45, 2.75) is 25.7 Å². The number of hydrogen-bond donors (Lipinski definition) is 1. The lowest BCUT2D eigenvalue weighted by atomic mass is 9.97. The predicted molar refractivity (Wildman–Crippen MR) is 56.0 cm³/mol. The van der Waals surface area contributed by atoms with Crippen LogP contribution in [0.2, 0.25) is 0 Å². The summed E-state index contributed by atoms with van der Waals surface area (Å²) in [5.74, 6) is 0.674. The van der Waals surface area contributed by atoms with E-state index < -0.39 is 0 Å². The predicted octanol–water partition coefficient (Wildman–Crippen LogP) is 0.274. The summed E-state index contributed by atoms with van der Waals surface area (Å²) in [6, 6.07) is 0.299. The van der Waals surface area contributed by atoms with Crippen LogP contribution in [0.4, 0.5) is 0 Å². The third-order valence-electron chi connectivity index (χ3n) is 2.70. The van der Waals surface area contributed by atoms with Crippen LogP contribution in [0.3, 0.4) is 0 Å². The quantitative estimate of drug-likeness (QED) is 0.665. The topological polar surface area (TPSA) is 47.7 Å². The summed E-state index contributed by atoms with van der Waals surface area (Å²) in [4.78, 5) is 2.32. The summed E-state index contributed by atoms with van der Waals surface area (Å²) in [5, 5.41) is 0. The van der Waals surface area contributed by atoms with E-state index in [1.54, 1.807) is 14.2 Å². The molecule has 1 fully saturated rings. The number of nitrogens with zero attached hydrogens (tertiary/aromatic N) is 1. The van der Waals surface area contributed by atoms with Gasteiger partial charge in [-0.25, -0.2) is 0 Å². The van der Waals surface area contributed by atoms with Crippen molar-refractivity contribution in [2.24, 2.45) is 11.7 Å². The Morgan fingerprint density at radius 3 is 2.50 bits per heavy atom. The van der Waals surface area contributed by atoms with Crippen LogP contribution in [0.1, 0.15) is 13.3 Å². The summed E-state index contributed by atoms with van der Waals surface area (Å²) in [6.07, 6.45) is 0.994. The van der Waals surface area contributed by atoms with Gasteiger partial charge in [-0.3, -0.25) is 4.90 Å². The van der Waals surface area contributed by atoms with Crippen molar-refractivity contribution in [2.75, 3.05) is 33.9 Å². The minimum atomic E-state index is -0.132. The molecule has 0 aliphatic carbocycles. The number of nitrogens with two attached hydrogens (primary N) is 1. The summed E-state index contributed by atoms with van der Waals surface area (Å²) in [5.41, 5.74) is 5.95. The van der Waals surface area contributed by atoms with Crippen molar-refractivity contribution in [1.82, 2.24) is 4.90 Å². The van der Waals surface area contributed by atoms with Crippen molar-refractivity contribution < 1.29 is 9.47 Å². The molecular weight excluding hydrogens is 180 g/mol. The Hall–Kier alpha value is -0.160. The first kappa shape index (κ1) is 11.9. The maximum atomic E-state index is 5.95. The van der Waals surface area contributed by atoms with Gasteiger partial charge in [-0.2, -0.15) is 0 Å². The molecule has 0 spiro atoms. The molecule has 0 radical (unpaired) electrons. The highest BCUT2D eigenvalue weighted by Crippen LogP contribution is 2.15. The van der Waals surface area contributed by atoms with Gasteiger partial charge in [0.1, 0.15) is 0 Å². The lowest BCUT2D eigenvalue weighted by Crippen LogP contribution is -2.49. The molecule has 4 nitrogen and oxygen atoms in total. The molecule has 4 heteroatoms. The lowest BCUT2D eigenvalue weighted by molar-refractivity contribution is -0.119. The molecule has 1 aliphatic rings. The normalized spacial score (nSPS) is 29.8. The van der Waals surface area contributed by atoms with Crippen molar-refractivity contribution in [3.63, 3.8) is 0 Å². The molecule has 14 heavy (non-hydrogen) atoms. The Labute approximate surface area is 86.3 Å². The standard InChI is InChI=1S/C10H22N2O2/c1-8-4-9(11)6-12(5-8)7-10(13-2)14-3/h8-10H,4-7,11H2,1-3H3. The van der Waals surface area contributed by atoms with Gasteiger partial charge in [0.15, 0.2) is 6.29 Å². The Morgan fingerprint density at radius 1 is 1.36 bits per heavy atom. The zero-order valence-corrected chi connectivity index (χ0v) is 9.40. The van der Waals surface area contributed by atoms with E-state index in [-0.39, 0.29) is 6.29 Å². The molecular formula is C10H22N2O2. The van der Waals surface area contributed by atoms with Crippen LogP contribution in [0.25, 0.3) is 0 Å². The number of piperidine rings is 1. The maximum Gasteiger partial charge on any atom is 0.169 e. The van der Waals surface area contributed by atoms with Crippen molar-refractivity contribution in [3.8, 4) is 0 Å². The summed E-state index contributed by atoms with van der Waals surface area (Å²) in [6.45, 7) is 5.09. The highest BCUT2D eigenvalue weighted by molar-refractivity contribution is 4.79. The highest BCUT2D eigenvalue weighted by Gasteiger charge is 2.23. The van der Waals surface area contributed by atoms with Crippen molar-refractivity contribution in [1.29, 1.82) is 0 Å². The zero-order chi connectivity index (χ0) is 10.6. The van der Waals surface area contributed by atoms with Crippen molar-refractivity contribution in [3.05, 3.63) is 0 Å². The van der Waals surface area contributed by atoms with E-state index in [0.29, 0.717) is 12.0 Å². The average Bonchev–Trinajstić information content (AvgIpc) is 2.12. The second-order valence-corrected chi connectivity index (χ2v) is 4.22. The van der Waals surface area contributed by atoms with E-state index in [1.807, 2.05) is 0 Å². The number of hydrogen-bond acceptors (Lipinski definition) is 4. The molecule has 84 valence electrons. The molecule has 1 heterocycles. The van der Waals surface area contributed by atoms with Crippen LogP contribution in [0.5, 0.6) is 0 Å². The van der Waals surface area contributed by atoms with Gasteiger partial charge in [0.2, 0.25) is 0 Å². The maximum absolute atomic E-state index is 5.95. The fraction of sp³-hybridized carbons (Fsp3) is 1.00. The van der Waals surface area contributed by atoms with Crippen LogP contribution >= 0.6 is 0 Å². The molecule has 2 atom stereocenters. The molecule has 2 unspecified atom stereocenters. The van der Waals surface area contributed by atoms with Gasteiger partial charge in [-0.05, 0) is 12.3 Å². The van der Waals surface area contributed by atoms with E-state index in [4.69, 9.17) is 15.2 Å². The third-order valence-corrected chi connectivity index (χ3v) is 2.70. The second-order valence-electron chi connectivity index (χ2n) is 4.22. The largest absolute Gasteiger partial charge is 0.355 e. The molecule has 1 rings (SSSR count). The van der Waals surface area contributed by atoms with Crippen LogP contribution in [-0.2, 0) is 9.47 Å². The van der Waals surface area contributed by atoms with Gasteiger partial charge in [-0.15, -0.1) is 0 Å². The molecule has 0 aromatic heterocycles. The van der Waals surface area contributed by atoms with Gasteiger partial charge < -0.3 is 15.2 Å². The van der Waals surface area contributed by atoms with Gasteiger partial charge in [-0.1, -0.05) is 6.92 Å². The van der Waals surface area contributed by atoms with Crippen LogP contribution < -0.4 is 5.73 Å². The smallest absolute Gasteiger partial charge is 0.169 e. The fourth-order valence-corrected chi connectivity index (χ4v) is 2.12. The Balaban J connectivity index is 2.35. The van der Waals surface area contributed by atoms with Gasteiger partial charge in [0, 0.05) is 39.9 Å². The summed E-state index contributed by atoms with van der Waals surface area (Å²) >= 11 is 0. The minimum absolute atomic E-state index is 0.132. The van der Waals surface area contributed by atoms with Gasteiger partial charge in [0.05, 0.1) is 0 Å². The third kappa shape index (κ3) is 3.53. The molecule has 1 saturated heterocycles. The molecule has 0 aromatic carbocycles. The van der Waals surface area contributed by atoms with E-state index in [0.717, 1.165) is 26.1 Å². The summed E-state index contributed by atoms with van der Waals surface area (Å²) in [7, 11) is 3.34. The van der Waals surface area contributed by atoms with Crippen LogP contribution in [0.15, 0.2) is 0 Å². The van der Waals surface area contributed by atoms with E-state index in [1.165, 1.54) is 0 Å². The first-order valence-electron chi connectivity index (χ1n) is 5.19. The van der Waals surface area contributed by atoms with Gasteiger partial charge in [0.25, 0.3) is 0 Å². The van der Waals surface area contributed by atoms with Gasteiger partial charge >= 0.3 is 0 Å². The second kappa shape index (κ2) is 5.66. The van der Waals surface area contributed by atoms with E-state index >= 15 is 0 Å². The molecule has 1 aliphatic heterocycles. The van der Waals surface area contributed by atoms with E-state index in [2.05, 4.69) is 11.8 Å². The highest BCUT2D eigenvalue weighted by atomic mass is 16.7. The average molecular weight is 202 g/mol. The van der Waals surface area contributed by atoms with E-state index in [9.17, 15) is 0 Å². The summed E-state index contributed by atoms with van der Waals surface area (Å²) < 4.78 is 10.3. The molecule has 2 N–H and O–H groups in total. The molecule has 0 bridgehead atoms. The minimum Gasteiger partial charge on any atom is -0.355 e. The SMILES string of the molecule is COC(CN1CC(C)CC(N)C1)OC. The van der Waals surface area contributed by atoms with Crippen LogP contribution in [-0.4, -0.2) is 51.1 Å². The number of likely N-dealkylation sites (tertiary alicyclic amines) is 1. The number of methoxy groups -OCH3 is 2. The molecule has 0 amide bonds. The Morgan fingerprint density at radius 2 is 2.00 bits per heavy atom. The first-order valence-corrected chi connectivity index (χ1v) is 5.19. The number of rotatable bonds is 4. The fourth-order valence-electron chi connectivity index (χ4n) is 2.12.